The molecular weight excluding hydrogens is 280 g/mol. The third-order valence-corrected chi connectivity index (χ3v) is 3.78. The highest BCUT2D eigenvalue weighted by atomic mass is 16.6. The van der Waals surface area contributed by atoms with Crippen LogP contribution in [0.15, 0.2) is 41.7 Å². The lowest BCUT2D eigenvalue weighted by Crippen LogP contribution is -2.14. The molecule has 1 N–H and O–H groups in total. The molecule has 0 aromatic heterocycles. The summed E-state index contributed by atoms with van der Waals surface area (Å²) < 4.78 is 11.0. The molecule has 1 atom stereocenters. The highest BCUT2D eigenvalue weighted by Crippen LogP contribution is 2.29. The zero-order valence-corrected chi connectivity index (χ0v) is 13.1. The van der Waals surface area contributed by atoms with Crippen LogP contribution in [0.4, 0.5) is 0 Å². The first-order valence-corrected chi connectivity index (χ1v) is 7.97. The van der Waals surface area contributed by atoms with Crippen LogP contribution in [0.1, 0.15) is 38.2 Å². The molecule has 1 aliphatic heterocycles. The lowest BCUT2D eigenvalue weighted by atomic mass is 9.99. The van der Waals surface area contributed by atoms with Gasteiger partial charge in [0.1, 0.15) is 6.10 Å². The monoisotopic (exact) mass is 304 g/mol. The number of cyclic esters (lactones) is 1. The second-order valence-corrected chi connectivity index (χ2v) is 5.45. The molecule has 4 nitrogen and oxygen atoms in total. The summed E-state index contributed by atoms with van der Waals surface area (Å²) in [6.07, 6.45) is 3.54. The molecule has 1 aliphatic rings. The summed E-state index contributed by atoms with van der Waals surface area (Å²) >= 11 is 0. The molecule has 1 aromatic rings. The Morgan fingerprint density at radius 3 is 2.68 bits per heavy atom. The smallest absolute Gasteiger partial charge is 0.374 e. The quantitative estimate of drug-likeness (QED) is 0.563. The van der Waals surface area contributed by atoms with Crippen LogP contribution in [0.5, 0.6) is 0 Å². The first-order valence-electron chi connectivity index (χ1n) is 7.97. The number of unbranched alkanes of at least 4 members (excludes halogenated alkanes) is 1. The summed E-state index contributed by atoms with van der Waals surface area (Å²) in [5.41, 5.74) is 2.10. The van der Waals surface area contributed by atoms with Gasteiger partial charge in [0.25, 0.3) is 0 Å². The number of aliphatic hydroxyl groups excluding tert-OH is 1. The summed E-state index contributed by atoms with van der Waals surface area (Å²) in [4.78, 5) is 12.0. The van der Waals surface area contributed by atoms with E-state index in [2.05, 4.69) is 19.1 Å². The van der Waals surface area contributed by atoms with E-state index in [0.29, 0.717) is 25.2 Å². The Bertz CT molecular complexity index is 507. The fraction of sp³-hybridized carbons (Fsp3) is 0.500. The molecule has 0 saturated heterocycles. The predicted octanol–water partition coefficient (Wildman–Crippen LogP) is 3.00. The predicted molar refractivity (Wildman–Crippen MR) is 84.2 cm³/mol. The lowest BCUT2D eigenvalue weighted by molar-refractivity contribution is -0.143. The second kappa shape index (κ2) is 8.59. The molecule has 0 bridgehead atoms. The number of hydrogen-bond donors (Lipinski definition) is 1. The lowest BCUT2D eigenvalue weighted by Gasteiger charge is -2.12. The Morgan fingerprint density at radius 2 is 2.00 bits per heavy atom. The molecule has 120 valence electrons. The average Bonchev–Trinajstić information content (AvgIpc) is 2.82. The van der Waals surface area contributed by atoms with Crippen molar-refractivity contribution in [1.29, 1.82) is 0 Å². The van der Waals surface area contributed by atoms with E-state index in [1.165, 1.54) is 5.56 Å². The molecule has 1 heterocycles. The van der Waals surface area contributed by atoms with Gasteiger partial charge in [0.2, 0.25) is 5.76 Å². The van der Waals surface area contributed by atoms with Crippen LogP contribution in [-0.2, 0) is 20.7 Å². The zero-order chi connectivity index (χ0) is 15.8. The van der Waals surface area contributed by atoms with E-state index in [0.717, 1.165) is 24.8 Å². The van der Waals surface area contributed by atoms with Gasteiger partial charge in [-0.15, -0.1) is 0 Å². The van der Waals surface area contributed by atoms with Crippen LogP contribution in [0, 0.1) is 0 Å². The third kappa shape index (κ3) is 4.34. The minimum Gasteiger partial charge on any atom is -0.486 e. The average molecular weight is 304 g/mol. The molecule has 1 aromatic carbocycles. The van der Waals surface area contributed by atoms with Gasteiger partial charge in [-0.1, -0.05) is 43.7 Å². The highest BCUT2D eigenvalue weighted by Gasteiger charge is 2.34. The van der Waals surface area contributed by atoms with Crippen LogP contribution in [0.25, 0.3) is 0 Å². The molecule has 4 heteroatoms. The van der Waals surface area contributed by atoms with Crippen molar-refractivity contribution in [3.63, 3.8) is 0 Å². The van der Waals surface area contributed by atoms with Crippen LogP contribution >= 0.6 is 0 Å². The fourth-order valence-corrected chi connectivity index (χ4v) is 2.55. The van der Waals surface area contributed by atoms with Crippen LogP contribution in [0.2, 0.25) is 0 Å². The Labute approximate surface area is 131 Å². The van der Waals surface area contributed by atoms with E-state index in [-0.39, 0.29) is 12.7 Å². The summed E-state index contributed by atoms with van der Waals surface area (Å²) in [6.45, 7) is 2.60. The Hall–Kier alpha value is -1.81. The fourth-order valence-electron chi connectivity index (χ4n) is 2.55. The van der Waals surface area contributed by atoms with Gasteiger partial charge < -0.3 is 14.6 Å². The molecule has 0 amide bonds. The molecule has 0 radical (unpaired) electrons. The number of aryl methyl sites for hydroxylation is 1. The van der Waals surface area contributed by atoms with Gasteiger partial charge in [-0.05, 0) is 24.8 Å². The summed E-state index contributed by atoms with van der Waals surface area (Å²) in [6, 6.07) is 10.1. The molecule has 1 unspecified atom stereocenters. The highest BCUT2D eigenvalue weighted by molar-refractivity contribution is 5.90. The largest absolute Gasteiger partial charge is 0.486 e. The topological polar surface area (TPSA) is 55.8 Å². The minimum atomic E-state index is -0.391. The number of carbonyl (C=O) groups is 1. The van der Waals surface area contributed by atoms with Gasteiger partial charge in [-0.2, -0.15) is 0 Å². The van der Waals surface area contributed by atoms with Crippen LogP contribution in [-0.4, -0.2) is 30.4 Å². The molecule has 2 rings (SSSR count). The van der Waals surface area contributed by atoms with E-state index in [9.17, 15) is 4.79 Å². The zero-order valence-electron chi connectivity index (χ0n) is 13.1. The summed E-state index contributed by atoms with van der Waals surface area (Å²) in [5.74, 6) is -0.0274. The van der Waals surface area contributed by atoms with E-state index in [1.54, 1.807) is 0 Å². The Morgan fingerprint density at radius 1 is 1.23 bits per heavy atom. The number of benzene rings is 1. The van der Waals surface area contributed by atoms with Crippen molar-refractivity contribution in [3.05, 3.63) is 47.2 Å². The number of hydrogen-bond acceptors (Lipinski definition) is 4. The maximum Gasteiger partial charge on any atom is 0.374 e. The maximum absolute atomic E-state index is 12.0. The number of ether oxygens (including phenoxy) is 2. The van der Waals surface area contributed by atoms with E-state index in [4.69, 9.17) is 14.6 Å². The van der Waals surface area contributed by atoms with Gasteiger partial charge in [0, 0.05) is 18.6 Å². The second-order valence-electron chi connectivity index (χ2n) is 5.45. The van der Waals surface area contributed by atoms with E-state index in [1.807, 2.05) is 18.2 Å². The first kappa shape index (κ1) is 16.6. The van der Waals surface area contributed by atoms with Gasteiger partial charge >= 0.3 is 5.97 Å². The molecule has 22 heavy (non-hydrogen) atoms. The van der Waals surface area contributed by atoms with E-state index < -0.39 is 5.97 Å². The number of carbonyl (C=O) groups excluding carboxylic acids is 1. The number of rotatable bonds is 9. The van der Waals surface area contributed by atoms with Crippen LogP contribution in [0.3, 0.4) is 0 Å². The third-order valence-electron chi connectivity index (χ3n) is 3.78. The van der Waals surface area contributed by atoms with Crippen LogP contribution < -0.4 is 0 Å². The molecule has 0 aliphatic carbocycles. The summed E-state index contributed by atoms with van der Waals surface area (Å²) in [7, 11) is 0. The van der Waals surface area contributed by atoms with Gasteiger partial charge in [-0.3, -0.25) is 0 Å². The van der Waals surface area contributed by atoms with Crippen molar-refractivity contribution in [2.45, 2.75) is 45.1 Å². The van der Waals surface area contributed by atoms with Crippen molar-refractivity contribution >= 4 is 5.97 Å². The SMILES string of the molecule is CCCCOC1=C(CCc2ccccc2)C(CCO)OC1=O. The van der Waals surface area contributed by atoms with Gasteiger partial charge in [-0.25, -0.2) is 4.79 Å². The van der Waals surface area contributed by atoms with Crippen molar-refractivity contribution < 1.29 is 19.4 Å². The molecule has 0 spiro atoms. The molecular formula is C18H24O4. The maximum atomic E-state index is 12.0. The standard InChI is InChI=1S/C18H24O4/c1-2-3-13-21-17-15(16(11-12-19)22-18(17)20)10-9-14-7-5-4-6-8-14/h4-8,16,19H,2-3,9-13H2,1H3. The summed E-state index contributed by atoms with van der Waals surface area (Å²) in [5, 5.41) is 9.16. The number of esters is 1. The molecule has 0 saturated carbocycles. The Kier molecular flexibility index (Phi) is 6.46. The van der Waals surface area contributed by atoms with Crippen molar-refractivity contribution in [1.82, 2.24) is 0 Å². The van der Waals surface area contributed by atoms with Crippen molar-refractivity contribution in [2.75, 3.05) is 13.2 Å². The van der Waals surface area contributed by atoms with E-state index >= 15 is 0 Å². The van der Waals surface area contributed by atoms with Crippen molar-refractivity contribution in [3.8, 4) is 0 Å². The van der Waals surface area contributed by atoms with Gasteiger partial charge in [0.15, 0.2) is 0 Å². The Balaban J connectivity index is 2.08. The first-order chi connectivity index (χ1) is 10.8. The van der Waals surface area contributed by atoms with Gasteiger partial charge in [0.05, 0.1) is 6.61 Å². The minimum absolute atomic E-state index is 0.00494. The molecule has 0 fully saturated rings. The van der Waals surface area contributed by atoms with Crippen molar-refractivity contribution in [2.24, 2.45) is 0 Å². The normalized spacial score (nSPS) is 17.7. The number of aliphatic hydroxyl groups is 1.